The first-order chi connectivity index (χ1) is 7.46. The standard InChI is InChI=1S/C13H19N3/c1-11-6-4-5-7-12(11)16(3)9-8-13(2,15)10-14/h4-7H,8-9,15H2,1-3H3. The average Bonchev–Trinajstić information content (AvgIpc) is 2.27. The van der Waals surface area contributed by atoms with Crippen molar-refractivity contribution in [3.05, 3.63) is 29.8 Å². The predicted octanol–water partition coefficient (Wildman–Crippen LogP) is 2.06. The van der Waals surface area contributed by atoms with Crippen molar-refractivity contribution >= 4 is 5.69 Å². The van der Waals surface area contributed by atoms with E-state index < -0.39 is 5.54 Å². The monoisotopic (exact) mass is 217 g/mol. The van der Waals surface area contributed by atoms with Crippen LogP contribution < -0.4 is 10.6 Å². The van der Waals surface area contributed by atoms with Gasteiger partial charge >= 0.3 is 0 Å². The lowest BCUT2D eigenvalue weighted by molar-refractivity contribution is 0.546. The molecule has 86 valence electrons. The van der Waals surface area contributed by atoms with E-state index in [1.807, 2.05) is 19.2 Å². The van der Waals surface area contributed by atoms with Gasteiger partial charge in [0, 0.05) is 19.3 Å². The molecule has 0 aliphatic rings. The molecule has 0 aromatic heterocycles. The fourth-order valence-electron chi connectivity index (χ4n) is 1.57. The molecule has 1 atom stereocenters. The van der Waals surface area contributed by atoms with E-state index in [9.17, 15) is 0 Å². The Bertz CT molecular complexity index is 390. The number of benzene rings is 1. The van der Waals surface area contributed by atoms with Crippen molar-refractivity contribution in [3.63, 3.8) is 0 Å². The summed E-state index contributed by atoms with van der Waals surface area (Å²) in [6.07, 6.45) is 0.661. The SMILES string of the molecule is Cc1ccccc1N(C)CCC(C)(N)C#N. The van der Waals surface area contributed by atoms with Crippen LogP contribution in [0.3, 0.4) is 0 Å². The van der Waals surface area contributed by atoms with Crippen LogP contribution in [-0.4, -0.2) is 19.1 Å². The molecule has 0 aliphatic heterocycles. The average molecular weight is 217 g/mol. The lowest BCUT2D eigenvalue weighted by atomic mass is 10.0. The predicted molar refractivity (Wildman–Crippen MR) is 67.3 cm³/mol. The zero-order valence-corrected chi connectivity index (χ0v) is 10.2. The molecule has 0 heterocycles. The zero-order chi connectivity index (χ0) is 12.2. The molecule has 0 fully saturated rings. The van der Waals surface area contributed by atoms with Crippen molar-refractivity contribution in [1.82, 2.24) is 0 Å². The van der Waals surface area contributed by atoms with E-state index in [4.69, 9.17) is 11.0 Å². The molecule has 1 aromatic carbocycles. The summed E-state index contributed by atoms with van der Waals surface area (Å²) in [5, 5.41) is 8.84. The Morgan fingerprint density at radius 1 is 1.44 bits per heavy atom. The number of para-hydroxylation sites is 1. The number of rotatable bonds is 4. The summed E-state index contributed by atoms with van der Waals surface area (Å²) < 4.78 is 0. The van der Waals surface area contributed by atoms with Crippen molar-refractivity contribution in [3.8, 4) is 6.07 Å². The van der Waals surface area contributed by atoms with Crippen LogP contribution in [0.1, 0.15) is 18.9 Å². The number of nitriles is 1. The second-order valence-corrected chi connectivity index (χ2v) is 4.49. The first-order valence-corrected chi connectivity index (χ1v) is 5.43. The molecule has 0 radical (unpaired) electrons. The number of aryl methyl sites for hydroxylation is 1. The third-order valence-corrected chi connectivity index (χ3v) is 2.75. The maximum Gasteiger partial charge on any atom is 0.103 e. The molecule has 16 heavy (non-hydrogen) atoms. The van der Waals surface area contributed by atoms with Gasteiger partial charge in [0.15, 0.2) is 0 Å². The van der Waals surface area contributed by atoms with Crippen LogP contribution in [0.5, 0.6) is 0 Å². The molecule has 0 saturated carbocycles. The van der Waals surface area contributed by atoms with Crippen LogP contribution >= 0.6 is 0 Å². The van der Waals surface area contributed by atoms with Gasteiger partial charge in [-0.15, -0.1) is 0 Å². The molecule has 1 unspecified atom stereocenters. The lowest BCUT2D eigenvalue weighted by Gasteiger charge is -2.24. The molecule has 0 spiro atoms. The van der Waals surface area contributed by atoms with Gasteiger partial charge in [-0.2, -0.15) is 5.26 Å². The quantitative estimate of drug-likeness (QED) is 0.840. The Morgan fingerprint density at radius 2 is 2.06 bits per heavy atom. The van der Waals surface area contributed by atoms with E-state index in [-0.39, 0.29) is 0 Å². The molecule has 1 aromatic rings. The third kappa shape index (κ3) is 3.25. The zero-order valence-electron chi connectivity index (χ0n) is 10.2. The van der Waals surface area contributed by atoms with Crippen molar-refractivity contribution in [2.45, 2.75) is 25.8 Å². The second kappa shape index (κ2) is 5.00. The Labute approximate surface area is 97.5 Å². The Kier molecular flexibility index (Phi) is 3.92. The van der Waals surface area contributed by atoms with Gasteiger partial charge in [0.2, 0.25) is 0 Å². The highest BCUT2D eigenvalue weighted by molar-refractivity contribution is 5.52. The summed E-state index contributed by atoms with van der Waals surface area (Å²) in [6.45, 7) is 4.63. The number of hydrogen-bond acceptors (Lipinski definition) is 3. The molecule has 3 heteroatoms. The number of nitrogens with two attached hydrogens (primary N) is 1. The molecule has 0 amide bonds. The Morgan fingerprint density at radius 3 is 2.62 bits per heavy atom. The van der Waals surface area contributed by atoms with Gasteiger partial charge in [0.05, 0.1) is 6.07 Å². The molecule has 1 rings (SSSR count). The van der Waals surface area contributed by atoms with E-state index in [0.29, 0.717) is 6.42 Å². The van der Waals surface area contributed by atoms with E-state index in [0.717, 1.165) is 6.54 Å². The van der Waals surface area contributed by atoms with Gasteiger partial charge in [0.1, 0.15) is 5.54 Å². The molecular formula is C13H19N3. The van der Waals surface area contributed by atoms with Crippen LogP contribution in [0, 0.1) is 18.3 Å². The molecule has 2 N–H and O–H groups in total. The van der Waals surface area contributed by atoms with Gasteiger partial charge in [-0.1, -0.05) is 18.2 Å². The summed E-state index contributed by atoms with van der Waals surface area (Å²) in [4.78, 5) is 2.14. The van der Waals surface area contributed by atoms with E-state index in [1.165, 1.54) is 11.3 Å². The largest absolute Gasteiger partial charge is 0.374 e. The van der Waals surface area contributed by atoms with Crippen LogP contribution in [0.2, 0.25) is 0 Å². The molecule has 0 saturated heterocycles. The summed E-state index contributed by atoms with van der Waals surface area (Å²) in [7, 11) is 2.02. The first kappa shape index (κ1) is 12.5. The van der Waals surface area contributed by atoms with Crippen LogP contribution in [0.25, 0.3) is 0 Å². The van der Waals surface area contributed by atoms with Crippen LogP contribution in [0.15, 0.2) is 24.3 Å². The van der Waals surface area contributed by atoms with E-state index in [1.54, 1.807) is 6.92 Å². The first-order valence-electron chi connectivity index (χ1n) is 5.43. The highest BCUT2D eigenvalue weighted by Gasteiger charge is 2.17. The maximum atomic E-state index is 8.84. The van der Waals surface area contributed by atoms with E-state index >= 15 is 0 Å². The van der Waals surface area contributed by atoms with Crippen molar-refractivity contribution < 1.29 is 0 Å². The smallest absolute Gasteiger partial charge is 0.103 e. The third-order valence-electron chi connectivity index (χ3n) is 2.75. The minimum Gasteiger partial charge on any atom is -0.374 e. The highest BCUT2D eigenvalue weighted by Crippen LogP contribution is 2.18. The topological polar surface area (TPSA) is 53.0 Å². The Balaban J connectivity index is 2.64. The summed E-state index contributed by atoms with van der Waals surface area (Å²) in [5.41, 5.74) is 7.48. The molecular weight excluding hydrogens is 198 g/mol. The fraction of sp³-hybridized carbons (Fsp3) is 0.462. The van der Waals surface area contributed by atoms with E-state index in [2.05, 4.69) is 30.0 Å². The maximum absolute atomic E-state index is 8.84. The highest BCUT2D eigenvalue weighted by atomic mass is 15.1. The lowest BCUT2D eigenvalue weighted by Crippen LogP contribution is -2.38. The molecule has 0 bridgehead atoms. The minimum absolute atomic E-state index is 0.661. The van der Waals surface area contributed by atoms with Crippen LogP contribution in [0.4, 0.5) is 5.69 Å². The number of anilines is 1. The van der Waals surface area contributed by atoms with Gasteiger partial charge < -0.3 is 10.6 Å². The van der Waals surface area contributed by atoms with Crippen molar-refractivity contribution in [2.75, 3.05) is 18.5 Å². The number of nitrogens with zero attached hydrogens (tertiary/aromatic N) is 2. The fourth-order valence-corrected chi connectivity index (χ4v) is 1.57. The minimum atomic E-state index is -0.739. The summed E-state index contributed by atoms with van der Waals surface area (Å²) in [6, 6.07) is 10.3. The molecule has 3 nitrogen and oxygen atoms in total. The van der Waals surface area contributed by atoms with Gasteiger partial charge in [0.25, 0.3) is 0 Å². The molecule has 0 aliphatic carbocycles. The second-order valence-electron chi connectivity index (χ2n) is 4.49. The summed E-state index contributed by atoms with van der Waals surface area (Å²) >= 11 is 0. The Hall–Kier alpha value is -1.53. The van der Waals surface area contributed by atoms with Crippen molar-refractivity contribution in [2.24, 2.45) is 5.73 Å². The number of hydrogen-bond donors (Lipinski definition) is 1. The van der Waals surface area contributed by atoms with Gasteiger partial charge in [-0.25, -0.2) is 0 Å². The summed E-state index contributed by atoms with van der Waals surface area (Å²) in [5.74, 6) is 0. The van der Waals surface area contributed by atoms with Gasteiger partial charge in [-0.05, 0) is 31.9 Å². The normalized spacial score (nSPS) is 13.9. The van der Waals surface area contributed by atoms with Gasteiger partial charge in [-0.3, -0.25) is 0 Å². The van der Waals surface area contributed by atoms with Crippen LogP contribution in [-0.2, 0) is 0 Å². The van der Waals surface area contributed by atoms with Crippen molar-refractivity contribution in [1.29, 1.82) is 5.26 Å².